The summed E-state index contributed by atoms with van der Waals surface area (Å²) >= 11 is -3.47. The molecule has 5 aromatic carbocycles. The van der Waals surface area contributed by atoms with Crippen molar-refractivity contribution in [2.75, 3.05) is 0 Å². The third-order valence-electron chi connectivity index (χ3n) is 6.85. The molecule has 0 spiro atoms. The Kier molecular flexibility index (Phi) is 7.52. The molecule has 0 radical (unpaired) electrons. The van der Waals surface area contributed by atoms with Gasteiger partial charge in [0.05, 0.1) is 0 Å². The number of hydrogen-bond donors (Lipinski definition) is 1. The molecule has 4 heteroatoms. The molecular formula is C33H28GeO3. The number of para-hydroxylation sites is 1. The third kappa shape index (κ3) is 5.37. The molecule has 0 aliphatic carbocycles. The average Bonchev–Trinajstić information content (AvgIpc) is 2.96. The fourth-order valence-corrected chi connectivity index (χ4v) is 15.6. The van der Waals surface area contributed by atoms with Crippen LogP contribution < -0.4 is 17.9 Å². The van der Waals surface area contributed by atoms with E-state index in [4.69, 9.17) is 4.74 Å². The Labute approximate surface area is 220 Å². The molecule has 37 heavy (non-hydrogen) atoms. The summed E-state index contributed by atoms with van der Waals surface area (Å²) in [5, 5.41) is 11.1. The van der Waals surface area contributed by atoms with E-state index in [0.717, 1.165) is 11.3 Å². The molecule has 1 unspecified atom stereocenters. The Morgan fingerprint density at radius 1 is 0.595 bits per heavy atom. The first-order chi connectivity index (χ1) is 18.2. The van der Waals surface area contributed by atoms with E-state index < -0.39 is 25.2 Å². The van der Waals surface area contributed by atoms with E-state index in [1.54, 1.807) is 0 Å². The summed E-state index contributed by atoms with van der Waals surface area (Å²) in [6.45, 7) is 0. The van der Waals surface area contributed by atoms with E-state index in [-0.39, 0.29) is 0 Å². The number of hydrogen-bond acceptors (Lipinski definition) is 2. The standard InChI is InChI=1S/C33H28GeO3/c35-33(36)32(26-14-13-23-31(24-26)37-30-21-11-4-12-22-30)25-34(27-15-5-1-6-16-27,28-17-7-2-8-18-28)29-19-9-3-10-20-29/h1-24,32H,25H2,(H,35,36). The quantitative estimate of drug-likeness (QED) is 0.238. The molecule has 1 N–H and O–H groups in total. The van der Waals surface area contributed by atoms with Crippen molar-refractivity contribution in [2.24, 2.45) is 0 Å². The average molecular weight is 545 g/mol. The van der Waals surface area contributed by atoms with Gasteiger partial charge in [-0.1, -0.05) is 0 Å². The van der Waals surface area contributed by atoms with Gasteiger partial charge in [-0.3, -0.25) is 0 Å². The van der Waals surface area contributed by atoms with Crippen LogP contribution in [-0.2, 0) is 4.79 Å². The number of carboxylic acids is 1. The van der Waals surface area contributed by atoms with Gasteiger partial charge in [0, 0.05) is 0 Å². The summed E-state index contributed by atoms with van der Waals surface area (Å²) in [7, 11) is 0. The second-order valence-electron chi connectivity index (χ2n) is 9.09. The predicted octanol–water partition coefficient (Wildman–Crippen LogP) is 5.82. The second kappa shape index (κ2) is 11.3. The maximum absolute atomic E-state index is 12.9. The van der Waals surface area contributed by atoms with Crippen molar-refractivity contribution in [3.63, 3.8) is 0 Å². The fraction of sp³-hybridized carbons (Fsp3) is 0.0606. The summed E-state index contributed by atoms with van der Waals surface area (Å²) in [6, 6.07) is 48.6. The van der Waals surface area contributed by atoms with Crippen LogP contribution in [-0.4, -0.2) is 24.3 Å². The number of ether oxygens (including phenoxy) is 1. The van der Waals surface area contributed by atoms with Crippen LogP contribution in [0.25, 0.3) is 0 Å². The molecule has 0 fully saturated rings. The van der Waals surface area contributed by atoms with Crippen LogP contribution >= 0.6 is 0 Å². The topological polar surface area (TPSA) is 46.5 Å². The van der Waals surface area contributed by atoms with Crippen molar-refractivity contribution < 1.29 is 14.6 Å². The first-order valence-corrected chi connectivity index (χ1v) is 17.0. The number of carbonyl (C=O) groups is 1. The van der Waals surface area contributed by atoms with Crippen molar-refractivity contribution in [1.82, 2.24) is 0 Å². The predicted molar refractivity (Wildman–Crippen MR) is 152 cm³/mol. The zero-order valence-corrected chi connectivity index (χ0v) is 22.5. The van der Waals surface area contributed by atoms with Gasteiger partial charge in [0.2, 0.25) is 0 Å². The Hall–Kier alpha value is -4.09. The Bertz CT molecular complexity index is 1340. The minimum absolute atomic E-state index is 0.530. The molecule has 0 aromatic heterocycles. The van der Waals surface area contributed by atoms with Gasteiger partial charge < -0.3 is 0 Å². The van der Waals surface area contributed by atoms with Crippen LogP contribution in [0.5, 0.6) is 11.5 Å². The zero-order chi connectivity index (χ0) is 25.5. The molecule has 0 saturated carbocycles. The molecule has 0 heterocycles. The molecule has 0 bridgehead atoms. The number of aliphatic carboxylic acids is 1. The van der Waals surface area contributed by atoms with E-state index in [0.29, 0.717) is 11.0 Å². The van der Waals surface area contributed by atoms with Gasteiger partial charge in [-0.25, -0.2) is 0 Å². The summed E-state index contributed by atoms with van der Waals surface area (Å²) in [5.41, 5.74) is 0.749. The molecule has 182 valence electrons. The Morgan fingerprint density at radius 2 is 1.03 bits per heavy atom. The molecule has 0 saturated heterocycles. The number of carboxylic acid groups (broad SMARTS) is 1. The Morgan fingerprint density at radius 3 is 1.49 bits per heavy atom. The first kappa shape index (κ1) is 24.6. The number of rotatable bonds is 9. The summed E-state index contributed by atoms with van der Waals surface area (Å²) < 4.78 is 9.77. The van der Waals surface area contributed by atoms with Crippen LogP contribution in [0.15, 0.2) is 146 Å². The van der Waals surface area contributed by atoms with Crippen molar-refractivity contribution in [3.8, 4) is 11.5 Å². The molecule has 0 amide bonds. The van der Waals surface area contributed by atoms with E-state index >= 15 is 0 Å². The van der Waals surface area contributed by atoms with Crippen LogP contribution in [0.4, 0.5) is 0 Å². The monoisotopic (exact) mass is 546 g/mol. The van der Waals surface area contributed by atoms with Crippen molar-refractivity contribution >= 4 is 32.4 Å². The molecule has 0 aliphatic rings. The SMILES string of the molecule is O=C(O)C([CH2][Ge]([c]1ccccc1)([c]1ccccc1)[c]1ccccc1)c1cccc(Oc2ccccc2)c1. The van der Waals surface area contributed by atoms with Crippen molar-refractivity contribution in [1.29, 1.82) is 0 Å². The maximum atomic E-state index is 12.9. The molecule has 5 rings (SSSR count). The summed E-state index contributed by atoms with van der Waals surface area (Å²) in [6.07, 6.45) is 0. The van der Waals surface area contributed by atoms with E-state index in [9.17, 15) is 9.90 Å². The van der Waals surface area contributed by atoms with Crippen molar-refractivity contribution in [2.45, 2.75) is 11.2 Å². The first-order valence-electron chi connectivity index (χ1n) is 12.4. The van der Waals surface area contributed by atoms with Gasteiger partial charge in [0.25, 0.3) is 0 Å². The van der Waals surface area contributed by atoms with Crippen LogP contribution in [0.3, 0.4) is 0 Å². The molecule has 0 aliphatic heterocycles. The van der Waals surface area contributed by atoms with Gasteiger partial charge in [0.1, 0.15) is 0 Å². The van der Waals surface area contributed by atoms with Gasteiger partial charge in [-0.15, -0.1) is 0 Å². The van der Waals surface area contributed by atoms with E-state index in [1.807, 2.05) is 72.8 Å². The molecule has 5 aromatic rings. The van der Waals surface area contributed by atoms with Crippen LogP contribution in [0, 0.1) is 0 Å². The van der Waals surface area contributed by atoms with E-state index in [1.165, 1.54) is 13.2 Å². The van der Waals surface area contributed by atoms with Gasteiger partial charge >= 0.3 is 221 Å². The normalized spacial score (nSPS) is 12.0. The van der Waals surface area contributed by atoms with Gasteiger partial charge in [0.15, 0.2) is 0 Å². The van der Waals surface area contributed by atoms with Crippen LogP contribution in [0.2, 0.25) is 5.25 Å². The number of benzene rings is 5. The van der Waals surface area contributed by atoms with Gasteiger partial charge in [-0.05, 0) is 0 Å². The third-order valence-corrected chi connectivity index (χ3v) is 17.3. The second-order valence-corrected chi connectivity index (χ2v) is 17.4. The van der Waals surface area contributed by atoms with Crippen molar-refractivity contribution in [3.05, 3.63) is 151 Å². The Balaban J connectivity index is 1.64. The summed E-state index contributed by atoms with van der Waals surface area (Å²) in [4.78, 5) is 12.9. The fourth-order valence-electron chi connectivity index (χ4n) is 5.09. The van der Waals surface area contributed by atoms with Crippen LogP contribution in [0.1, 0.15) is 11.5 Å². The van der Waals surface area contributed by atoms with E-state index in [2.05, 4.69) is 72.8 Å². The molecule has 1 atom stereocenters. The summed E-state index contributed by atoms with van der Waals surface area (Å²) in [5.74, 6) is -0.168. The molecule has 3 nitrogen and oxygen atoms in total. The molecular weight excluding hydrogens is 517 g/mol. The van der Waals surface area contributed by atoms with Gasteiger partial charge in [-0.2, -0.15) is 0 Å². The minimum atomic E-state index is -3.47. The zero-order valence-electron chi connectivity index (χ0n) is 20.4.